The highest BCUT2D eigenvalue weighted by molar-refractivity contribution is 7.21. The van der Waals surface area contributed by atoms with Crippen LogP contribution in [0.5, 0.6) is 0 Å². The van der Waals surface area contributed by atoms with Crippen LogP contribution >= 0.6 is 11.3 Å². The highest BCUT2D eigenvalue weighted by Gasteiger charge is 2.27. The van der Waals surface area contributed by atoms with Crippen LogP contribution in [0.1, 0.15) is 17.5 Å². The van der Waals surface area contributed by atoms with Gasteiger partial charge in [-0.15, -0.1) is 11.3 Å². The number of fused-ring (bicyclic) bond motifs is 2. The zero-order valence-electron chi connectivity index (χ0n) is 17.1. The first-order valence-electron chi connectivity index (χ1n) is 10.3. The van der Waals surface area contributed by atoms with Crippen LogP contribution in [-0.2, 0) is 16.0 Å². The number of hydrogen-bond acceptors (Lipinski definition) is 4. The summed E-state index contributed by atoms with van der Waals surface area (Å²) in [4.78, 5) is 31.7. The third kappa shape index (κ3) is 3.82. The molecule has 2 amide bonds. The predicted molar refractivity (Wildman–Crippen MR) is 126 cm³/mol. The van der Waals surface area contributed by atoms with Crippen molar-refractivity contribution in [3.63, 3.8) is 0 Å². The molecule has 31 heavy (non-hydrogen) atoms. The topological polar surface area (TPSA) is 62.3 Å². The Labute approximate surface area is 184 Å². The Morgan fingerprint density at radius 1 is 1.03 bits per heavy atom. The van der Waals surface area contributed by atoms with Crippen molar-refractivity contribution >= 4 is 44.7 Å². The van der Waals surface area contributed by atoms with E-state index >= 15 is 0 Å². The molecule has 4 aromatic rings. The normalized spacial score (nSPS) is 13.1. The number of carbonyl (C=O) groups excluding carboxylic acids is 2. The summed E-state index contributed by atoms with van der Waals surface area (Å²) in [5.74, 6) is -1.15. The van der Waals surface area contributed by atoms with Gasteiger partial charge in [0.05, 0.1) is 10.2 Å². The Morgan fingerprint density at radius 3 is 2.68 bits per heavy atom. The number of thiazole rings is 1. The SMILES string of the molecule is Cc1ccc2nc(-c3ccc(NC(=O)C(=O)N4CCCc5ccccc54)cc3)sc2c1. The van der Waals surface area contributed by atoms with Gasteiger partial charge in [0.15, 0.2) is 0 Å². The highest BCUT2D eigenvalue weighted by Crippen LogP contribution is 2.31. The third-order valence-electron chi connectivity index (χ3n) is 5.48. The molecule has 0 spiro atoms. The summed E-state index contributed by atoms with van der Waals surface area (Å²) < 4.78 is 1.15. The van der Waals surface area contributed by atoms with E-state index in [0.717, 1.165) is 44.9 Å². The molecule has 6 heteroatoms. The lowest BCUT2D eigenvalue weighted by atomic mass is 10.0. The third-order valence-corrected chi connectivity index (χ3v) is 6.55. The summed E-state index contributed by atoms with van der Waals surface area (Å²) in [6, 6.07) is 21.4. The number of rotatable bonds is 2. The van der Waals surface area contributed by atoms with Gasteiger partial charge in [0.2, 0.25) is 0 Å². The molecule has 0 saturated carbocycles. The number of nitrogens with one attached hydrogen (secondary N) is 1. The van der Waals surface area contributed by atoms with Gasteiger partial charge in [-0.05, 0) is 73.4 Å². The van der Waals surface area contributed by atoms with Crippen molar-refractivity contribution in [2.24, 2.45) is 0 Å². The van der Waals surface area contributed by atoms with Crippen molar-refractivity contribution in [1.29, 1.82) is 0 Å². The van der Waals surface area contributed by atoms with Gasteiger partial charge < -0.3 is 10.2 Å². The number of nitrogens with zero attached hydrogens (tertiary/aromatic N) is 2. The van der Waals surface area contributed by atoms with Gasteiger partial charge in [0.1, 0.15) is 5.01 Å². The maximum absolute atomic E-state index is 12.8. The first-order valence-corrected chi connectivity index (χ1v) is 11.1. The summed E-state index contributed by atoms with van der Waals surface area (Å²) in [7, 11) is 0. The van der Waals surface area contributed by atoms with E-state index < -0.39 is 11.8 Å². The fourth-order valence-electron chi connectivity index (χ4n) is 3.90. The zero-order valence-corrected chi connectivity index (χ0v) is 17.9. The smallest absolute Gasteiger partial charge is 0.316 e. The summed E-state index contributed by atoms with van der Waals surface area (Å²) in [6.07, 6.45) is 1.78. The second kappa shape index (κ2) is 7.96. The fourth-order valence-corrected chi connectivity index (χ4v) is 4.97. The monoisotopic (exact) mass is 427 g/mol. The van der Waals surface area contributed by atoms with Crippen molar-refractivity contribution in [1.82, 2.24) is 4.98 Å². The van der Waals surface area contributed by atoms with Gasteiger partial charge in [0, 0.05) is 23.5 Å². The molecule has 5 nitrogen and oxygen atoms in total. The summed E-state index contributed by atoms with van der Waals surface area (Å²) in [5.41, 5.74) is 5.69. The molecule has 0 atom stereocenters. The lowest BCUT2D eigenvalue weighted by molar-refractivity contribution is -0.134. The Bertz CT molecular complexity index is 1290. The van der Waals surface area contributed by atoms with Crippen LogP contribution in [0.3, 0.4) is 0 Å². The average molecular weight is 428 g/mol. The van der Waals surface area contributed by atoms with Crippen LogP contribution in [0.4, 0.5) is 11.4 Å². The Hall–Kier alpha value is -3.51. The van der Waals surface area contributed by atoms with E-state index in [-0.39, 0.29) is 0 Å². The van der Waals surface area contributed by atoms with Crippen LogP contribution in [-0.4, -0.2) is 23.3 Å². The largest absolute Gasteiger partial charge is 0.318 e. The maximum atomic E-state index is 12.8. The molecule has 3 aromatic carbocycles. The van der Waals surface area contributed by atoms with Gasteiger partial charge >= 0.3 is 11.8 Å². The minimum atomic E-state index is -0.625. The number of para-hydroxylation sites is 1. The molecule has 0 fully saturated rings. The van der Waals surface area contributed by atoms with Crippen LogP contribution in [0.2, 0.25) is 0 Å². The van der Waals surface area contributed by atoms with Crippen LogP contribution in [0, 0.1) is 6.92 Å². The predicted octanol–water partition coefficient (Wildman–Crippen LogP) is 5.19. The second-order valence-electron chi connectivity index (χ2n) is 7.71. The first-order chi connectivity index (χ1) is 15.1. The molecule has 154 valence electrons. The van der Waals surface area contributed by atoms with Gasteiger partial charge in [-0.2, -0.15) is 0 Å². The van der Waals surface area contributed by atoms with Crippen molar-refractivity contribution in [3.05, 3.63) is 77.9 Å². The molecule has 5 rings (SSSR count). The fraction of sp³-hybridized carbons (Fsp3) is 0.160. The molecular weight excluding hydrogens is 406 g/mol. The number of aromatic nitrogens is 1. The Kier molecular flexibility index (Phi) is 5.00. The van der Waals surface area contributed by atoms with E-state index in [9.17, 15) is 9.59 Å². The molecule has 1 aliphatic heterocycles. The zero-order chi connectivity index (χ0) is 21.4. The quantitative estimate of drug-likeness (QED) is 0.448. The lowest BCUT2D eigenvalue weighted by Gasteiger charge is -2.28. The summed E-state index contributed by atoms with van der Waals surface area (Å²) in [5, 5.41) is 3.67. The molecule has 2 heterocycles. The van der Waals surface area contributed by atoms with E-state index in [4.69, 9.17) is 4.98 Å². The number of aryl methyl sites for hydroxylation is 2. The van der Waals surface area contributed by atoms with Gasteiger partial charge in [-0.1, -0.05) is 24.3 Å². The molecule has 0 unspecified atom stereocenters. The Morgan fingerprint density at radius 2 is 1.84 bits per heavy atom. The molecule has 0 aliphatic carbocycles. The van der Waals surface area contributed by atoms with Crippen LogP contribution < -0.4 is 10.2 Å². The number of amides is 2. The molecular formula is C25H21N3O2S. The minimum Gasteiger partial charge on any atom is -0.318 e. The van der Waals surface area contributed by atoms with E-state index in [2.05, 4.69) is 24.4 Å². The number of hydrogen-bond donors (Lipinski definition) is 1. The van der Waals surface area contributed by atoms with Crippen LogP contribution in [0.15, 0.2) is 66.7 Å². The van der Waals surface area contributed by atoms with E-state index in [1.54, 1.807) is 16.2 Å². The standard InChI is InChI=1S/C25H21N3O2S/c1-16-8-13-20-22(15-16)31-24(27-20)18-9-11-19(12-10-18)26-23(29)25(30)28-14-4-6-17-5-2-3-7-21(17)28/h2-3,5,7-13,15H,4,6,14H2,1H3,(H,26,29). The Balaban J connectivity index is 1.31. The minimum absolute atomic E-state index is 0.530. The van der Waals surface area contributed by atoms with Crippen LogP contribution in [0.25, 0.3) is 20.8 Å². The average Bonchev–Trinajstić information content (AvgIpc) is 3.22. The molecule has 0 saturated heterocycles. The van der Waals surface area contributed by atoms with Gasteiger partial charge in [-0.25, -0.2) is 4.98 Å². The number of anilines is 2. The highest BCUT2D eigenvalue weighted by atomic mass is 32.1. The van der Waals surface area contributed by atoms with Crippen molar-refractivity contribution in [2.75, 3.05) is 16.8 Å². The van der Waals surface area contributed by atoms with E-state index in [0.29, 0.717) is 12.2 Å². The lowest BCUT2D eigenvalue weighted by Crippen LogP contribution is -2.42. The maximum Gasteiger partial charge on any atom is 0.316 e. The van der Waals surface area contributed by atoms with Gasteiger partial charge in [-0.3, -0.25) is 9.59 Å². The molecule has 1 aliphatic rings. The van der Waals surface area contributed by atoms with Crippen molar-refractivity contribution < 1.29 is 9.59 Å². The van der Waals surface area contributed by atoms with E-state index in [1.165, 1.54) is 5.56 Å². The molecule has 0 radical (unpaired) electrons. The molecule has 1 N–H and O–H groups in total. The molecule has 1 aromatic heterocycles. The number of carbonyl (C=O) groups is 2. The second-order valence-corrected chi connectivity index (χ2v) is 8.74. The van der Waals surface area contributed by atoms with Gasteiger partial charge in [0.25, 0.3) is 0 Å². The first kappa shape index (κ1) is 19.5. The summed E-state index contributed by atoms with van der Waals surface area (Å²) in [6.45, 7) is 2.62. The van der Waals surface area contributed by atoms with Crippen molar-refractivity contribution in [3.8, 4) is 10.6 Å². The van der Waals surface area contributed by atoms with E-state index in [1.807, 2.05) is 54.6 Å². The molecule has 0 bridgehead atoms. The number of benzene rings is 3. The van der Waals surface area contributed by atoms with Crippen molar-refractivity contribution in [2.45, 2.75) is 19.8 Å². The summed E-state index contributed by atoms with van der Waals surface area (Å²) >= 11 is 1.64.